The van der Waals surface area contributed by atoms with Crippen molar-refractivity contribution in [2.45, 2.75) is 24.2 Å². The molecule has 1 unspecified atom stereocenters. The minimum absolute atomic E-state index is 0.0644. The predicted octanol–water partition coefficient (Wildman–Crippen LogP) is 2.31. The maximum atomic E-state index is 13.7. The molecule has 34 heavy (non-hydrogen) atoms. The van der Waals surface area contributed by atoms with Gasteiger partial charge >= 0.3 is 0 Å². The first kappa shape index (κ1) is 25.5. The lowest BCUT2D eigenvalue weighted by molar-refractivity contribution is 0.0944. The molecule has 0 spiro atoms. The molecule has 0 aliphatic carbocycles. The Bertz CT molecular complexity index is 1190. The number of hydrogen-bond donors (Lipinski definition) is 3. The molecule has 1 aliphatic rings. The van der Waals surface area contributed by atoms with Gasteiger partial charge in [-0.3, -0.25) is 9.52 Å². The number of methoxy groups -OCH3 is 1. The van der Waals surface area contributed by atoms with Gasteiger partial charge in [0.05, 0.1) is 25.9 Å². The lowest BCUT2D eigenvalue weighted by Crippen LogP contribution is -2.37. The molecule has 0 radical (unpaired) electrons. The maximum absolute atomic E-state index is 13.7. The van der Waals surface area contributed by atoms with Crippen LogP contribution in [0.2, 0.25) is 0 Å². The number of thiocarbonyl (C=S) groups is 1. The van der Waals surface area contributed by atoms with Crippen molar-refractivity contribution < 1.29 is 31.8 Å². The van der Waals surface area contributed by atoms with Crippen molar-refractivity contribution in [2.75, 3.05) is 33.9 Å². The summed E-state index contributed by atoms with van der Waals surface area (Å²) < 4.78 is 58.3. The number of nitrogens with one attached hydrogen (secondary N) is 3. The lowest BCUT2D eigenvalue weighted by atomic mass is 9.92. The van der Waals surface area contributed by atoms with E-state index in [9.17, 15) is 17.6 Å². The van der Waals surface area contributed by atoms with E-state index in [1.165, 1.54) is 38.4 Å². The second-order valence-electron chi connectivity index (χ2n) is 7.34. The van der Waals surface area contributed by atoms with E-state index in [1.807, 2.05) is 0 Å². The second-order valence-corrected chi connectivity index (χ2v) is 9.40. The van der Waals surface area contributed by atoms with E-state index in [0.717, 1.165) is 6.07 Å². The second kappa shape index (κ2) is 10.9. The molecule has 1 aliphatic heterocycles. The average molecular weight is 512 g/mol. The molecule has 184 valence electrons. The molecule has 2 aromatic carbocycles. The third-order valence-corrected chi connectivity index (χ3v) is 7.00. The summed E-state index contributed by atoms with van der Waals surface area (Å²) in [7, 11) is -1.15. The van der Waals surface area contributed by atoms with Crippen molar-refractivity contribution in [3.63, 3.8) is 0 Å². The highest BCUT2D eigenvalue weighted by atomic mass is 32.2. The quantitative estimate of drug-likeness (QED) is 0.463. The van der Waals surface area contributed by atoms with E-state index >= 15 is 0 Å². The van der Waals surface area contributed by atoms with Crippen LogP contribution in [0.5, 0.6) is 17.2 Å². The zero-order chi connectivity index (χ0) is 24.9. The van der Waals surface area contributed by atoms with Crippen molar-refractivity contribution in [3.05, 3.63) is 47.3 Å². The van der Waals surface area contributed by atoms with Gasteiger partial charge < -0.3 is 24.8 Å². The minimum Gasteiger partial charge on any atom is -0.496 e. The summed E-state index contributed by atoms with van der Waals surface area (Å²) in [5.74, 6) is -0.494. The Kier molecular flexibility index (Phi) is 8.15. The van der Waals surface area contributed by atoms with Gasteiger partial charge in [0.2, 0.25) is 0 Å². The first-order valence-corrected chi connectivity index (χ1v) is 12.4. The van der Waals surface area contributed by atoms with Gasteiger partial charge in [-0.05, 0) is 49.8 Å². The summed E-state index contributed by atoms with van der Waals surface area (Å²) in [4.78, 5) is 12.6. The van der Waals surface area contributed by atoms with Gasteiger partial charge in [0, 0.05) is 31.1 Å². The van der Waals surface area contributed by atoms with Crippen LogP contribution in [0.4, 0.5) is 4.39 Å². The molecule has 1 amide bonds. The van der Waals surface area contributed by atoms with Crippen molar-refractivity contribution in [3.8, 4) is 17.2 Å². The molecule has 0 saturated carbocycles. The zero-order valence-corrected chi connectivity index (χ0v) is 20.6. The molecule has 0 saturated heterocycles. The van der Waals surface area contributed by atoms with Crippen molar-refractivity contribution >= 4 is 33.3 Å². The van der Waals surface area contributed by atoms with E-state index in [2.05, 4.69) is 15.4 Å². The molecule has 0 fully saturated rings. The Hall–Kier alpha value is -3.12. The van der Waals surface area contributed by atoms with Gasteiger partial charge in [0.1, 0.15) is 28.0 Å². The van der Waals surface area contributed by atoms with Crippen LogP contribution in [0.1, 0.15) is 35.2 Å². The van der Waals surface area contributed by atoms with Gasteiger partial charge in [-0.15, -0.1) is 0 Å². The van der Waals surface area contributed by atoms with E-state index in [-0.39, 0.29) is 46.1 Å². The Labute approximate surface area is 203 Å². The molecular weight excluding hydrogens is 485 g/mol. The van der Waals surface area contributed by atoms with E-state index in [0.29, 0.717) is 24.3 Å². The summed E-state index contributed by atoms with van der Waals surface area (Å²) in [5.41, 5.74) is 0.659. The number of rotatable bonds is 8. The van der Waals surface area contributed by atoms with Crippen LogP contribution in [-0.4, -0.2) is 53.4 Å². The number of benzene rings is 2. The summed E-state index contributed by atoms with van der Waals surface area (Å²) in [6, 6.07) is 6.68. The summed E-state index contributed by atoms with van der Waals surface area (Å²) in [6.07, 6.45) is 0.531. The van der Waals surface area contributed by atoms with Crippen molar-refractivity contribution in [1.82, 2.24) is 15.4 Å². The number of fused-ring (bicyclic) bond motifs is 1. The van der Waals surface area contributed by atoms with Gasteiger partial charge in [-0.1, -0.05) is 0 Å². The smallest absolute Gasteiger partial charge is 0.267 e. The standard InChI is InChI=1S/C22H26FN3O6S2/c1-4-31-19-11-18-15(10-20(19)34(28,29)26-22(33)24-2)13(7-8-32-18)12-25-21(27)16-9-14(23)5-6-17(16)30-3/h5-6,9-11,13H,4,7-8,12H2,1-3H3,(H,25,27)(H2,24,26,33). The fourth-order valence-corrected chi connectivity index (χ4v) is 5.00. The van der Waals surface area contributed by atoms with Crippen LogP contribution in [0, 0.1) is 5.82 Å². The molecule has 9 nitrogen and oxygen atoms in total. The number of carbonyl (C=O) groups excluding carboxylic acids is 1. The molecule has 1 heterocycles. The predicted molar refractivity (Wildman–Crippen MR) is 128 cm³/mol. The van der Waals surface area contributed by atoms with E-state index < -0.39 is 21.7 Å². The number of sulfonamides is 1. The van der Waals surface area contributed by atoms with Crippen LogP contribution in [0.3, 0.4) is 0 Å². The highest BCUT2D eigenvalue weighted by molar-refractivity contribution is 7.92. The summed E-state index contributed by atoms with van der Waals surface area (Å²) in [6.45, 7) is 2.52. The maximum Gasteiger partial charge on any atom is 0.267 e. The monoisotopic (exact) mass is 511 g/mol. The summed E-state index contributed by atoms with van der Waals surface area (Å²) >= 11 is 4.95. The van der Waals surface area contributed by atoms with Crippen LogP contribution in [0.25, 0.3) is 0 Å². The Morgan fingerprint density at radius 2 is 2.03 bits per heavy atom. The minimum atomic E-state index is -4.05. The van der Waals surface area contributed by atoms with Crippen molar-refractivity contribution in [2.24, 2.45) is 0 Å². The molecule has 0 aromatic heterocycles. The number of halogens is 1. The molecule has 3 rings (SSSR count). The topological polar surface area (TPSA) is 115 Å². The van der Waals surface area contributed by atoms with Gasteiger partial charge in [0.15, 0.2) is 5.11 Å². The fourth-order valence-electron chi connectivity index (χ4n) is 3.55. The zero-order valence-electron chi connectivity index (χ0n) is 18.9. The van der Waals surface area contributed by atoms with E-state index in [1.54, 1.807) is 6.92 Å². The fraction of sp³-hybridized carbons (Fsp3) is 0.364. The summed E-state index contributed by atoms with van der Waals surface area (Å²) in [5, 5.41) is 5.28. The molecule has 3 N–H and O–H groups in total. The third kappa shape index (κ3) is 5.68. The van der Waals surface area contributed by atoms with Crippen LogP contribution in [0.15, 0.2) is 35.2 Å². The molecule has 2 aromatic rings. The largest absolute Gasteiger partial charge is 0.496 e. The van der Waals surface area contributed by atoms with Crippen LogP contribution in [-0.2, 0) is 10.0 Å². The average Bonchev–Trinajstić information content (AvgIpc) is 2.81. The molecule has 0 bridgehead atoms. The highest BCUT2D eigenvalue weighted by Gasteiger charge is 2.29. The van der Waals surface area contributed by atoms with Gasteiger partial charge in [0.25, 0.3) is 15.9 Å². The van der Waals surface area contributed by atoms with Gasteiger partial charge in [-0.25, -0.2) is 12.8 Å². The lowest BCUT2D eigenvalue weighted by Gasteiger charge is -2.28. The van der Waals surface area contributed by atoms with Gasteiger partial charge in [-0.2, -0.15) is 0 Å². The number of amides is 1. The SMILES string of the molecule is CCOc1cc2c(cc1S(=O)(=O)NC(=S)NC)C(CNC(=O)c1cc(F)ccc1OC)CCO2. The number of carbonyl (C=O) groups is 1. The molecular formula is C22H26FN3O6S2. The van der Waals surface area contributed by atoms with Crippen LogP contribution >= 0.6 is 12.2 Å². The van der Waals surface area contributed by atoms with Crippen LogP contribution < -0.4 is 29.6 Å². The molecule has 12 heteroatoms. The van der Waals surface area contributed by atoms with E-state index in [4.69, 9.17) is 26.4 Å². The Balaban J connectivity index is 1.91. The first-order valence-electron chi connectivity index (χ1n) is 10.5. The number of hydrogen-bond acceptors (Lipinski definition) is 7. The third-order valence-electron chi connectivity index (χ3n) is 5.20. The molecule has 1 atom stereocenters. The Morgan fingerprint density at radius 1 is 1.26 bits per heavy atom. The normalized spacial score (nSPS) is 14.9. The number of ether oxygens (including phenoxy) is 3. The Morgan fingerprint density at radius 3 is 2.71 bits per heavy atom. The van der Waals surface area contributed by atoms with Crippen molar-refractivity contribution in [1.29, 1.82) is 0 Å². The first-order chi connectivity index (χ1) is 16.2. The highest BCUT2D eigenvalue weighted by Crippen LogP contribution is 2.40.